The molecule has 0 aliphatic rings. The van der Waals surface area contributed by atoms with Crippen molar-refractivity contribution in [1.29, 1.82) is 0 Å². The van der Waals surface area contributed by atoms with Crippen molar-refractivity contribution < 1.29 is 21.8 Å². The molecule has 0 atom stereocenters. The van der Waals surface area contributed by atoms with E-state index in [2.05, 4.69) is 28.2 Å². The average Bonchev–Trinajstić information content (AvgIpc) is 2.43. The Morgan fingerprint density at radius 1 is 1.24 bits per heavy atom. The molecule has 112 valence electrons. The summed E-state index contributed by atoms with van der Waals surface area (Å²) in [5.74, 6) is -0.0235. The predicted octanol–water partition coefficient (Wildman–Crippen LogP) is 0.250. The average molecular weight is 370 g/mol. The van der Waals surface area contributed by atoms with E-state index in [0.29, 0.717) is 6.54 Å². The molecule has 2 aromatic rings. The number of carbonyl (C=O) groups excluding carboxylic acids is 1. The van der Waals surface area contributed by atoms with Crippen molar-refractivity contribution in [3.05, 3.63) is 58.3 Å². The number of amides is 1. The largest absolute Gasteiger partial charge is 1.00 e. The van der Waals surface area contributed by atoms with Gasteiger partial charge in [-0.1, -0.05) is 22.9 Å². The van der Waals surface area contributed by atoms with Gasteiger partial charge in [0.05, 0.1) is 0 Å². The summed E-state index contributed by atoms with van der Waals surface area (Å²) in [5, 5.41) is 2.93. The second-order valence-electron chi connectivity index (χ2n) is 4.74. The third-order valence-corrected chi connectivity index (χ3v) is 3.65. The van der Waals surface area contributed by atoms with Crippen LogP contribution < -0.4 is 22.3 Å². The fourth-order valence-corrected chi connectivity index (χ4v) is 2.43. The van der Waals surface area contributed by atoms with Gasteiger partial charge in [0.2, 0.25) is 6.54 Å². The first-order valence-corrected chi connectivity index (χ1v) is 7.41. The molecule has 3 nitrogen and oxygen atoms in total. The van der Waals surface area contributed by atoms with Gasteiger partial charge in [-0.3, -0.25) is 4.79 Å². The van der Waals surface area contributed by atoms with Crippen molar-refractivity contribution in [2.24, 2.45) is 0 Å². The van der Waals surface area contributed by atoms with Crippen molar-refractivity contribution in [1.82, 2.24) is 0 Å². The monoisotopic (exact) mass is 368 g/mol. The van der Waals surface area contributed by atoms with E-state index in [1.54, 1.807) is 0 Å². The highest BCUT2D eigenvalue weighted by atomic mass is 79.9. The van der Waals surface area contributed by atoms with E-state index < -0.39 is 0 Å². The number of hydrogen-bond donors (Lipinski definition) is 1. The fourth-order valence-electron chi connectivity index (χ4n) is 1.95. The summed E-state index contributed by atoms with van der Waals surface area (Å²) in [6.07, 6.45) is 4.88. The van der Waals surface area contributed by atoms with Gasteiger partial charge in [-0.25, -0.2) is 0 Å². The van der Waals surface area contributed by atoms with Crippen LogP contribution in [0.15, 0.2) is 47.2 Å². The van der Waals surface area contributed by atoms with Gasteiger partial charge in [0.25, 0.3) is 5.91 Å². The van der Waals surface area contributed by atoms with Crippen LogP contribution in [0.2, 0.25) is 0 Å². The molecule has 2 rings (SSSR count). The molecule has 0 aliphatic carbocycles. The Morgan fingerprint density at radius 3 is 2.48 bits per heavy atom. The van der Waals surface area contributed by atoms with Crippen molar-refractivity contribution in [3.8, 4) is 0 Å². The minimum atomic E-state index is -0.0235. The highest BCUT2D eigenvalue weighted by molar-refractivity contribution is 9.10. The molecule has 1 aromatic heterocycles. The van der Waals surface area contributed by atoms with Gasteiger partial charge >= 0.3 is 0 Å². The van der Waals surface area contributed by atoms with E-state index in [9.17, 15) is 4.79 Å². The Bertz CT molecular complexity index is 614. The summed E-state index contributed by atoms with van der Waals surface area (Å²) >= 11 is 3.41. The van der Waals surface area contributed by atoms with Gasteiger partial charge in [0.15, 0.2) is 12.4 Å². The van der Waals surface area contributed by atoms with Crippen LogP contribution >= 0.6 is 15.9 Å². The van der Waals surface area contributed by atoms with Crippen molar-refractivity contribution >= 4 is 27.5 Å². The predicted molar refractivity (Wildman–Crippen MR) is 83.5 cm³/mol. The van der Waals surface area contributed by atoms with E-state index in [1.165, 1.54) is 5.56 Å². The van der Waals surface area contributed by atoms with Crippen LogP contribution in [-0.2, 0) is 17.8 Å². The zero-order valence-electron chi connectivity index (χ0n) is 12.1. The maximum absolute atomic E-state index is 12.0. The van der Waals surface area contributed by atoms with E-state index >= 15 is 0 Å². The molecule has 0 radical (unpaired) electrons. The van der Waals surface area contributed by atoms with Crippen LogP contribution in [0.4, 0.5) is 5.69 Å². The summed E-state index contributed by atoms with van der Waals surface area (Å²) in [6.45, 7) is 4.41. The molecule has 1 aromatic carbocycles. The summed E-state index contributed by atoms with van der Waals surface area (Å²) < 4.78 is 2.89. The van der Waals surface area contributed by atoms with E-state index in [0.717, 1.165) is 22.1 Å². The van der Waals surface area contributed by atoms with E-state index in [-0.39, 0.29) is 18.3 Å². The molecule has 0 bridgehead atoms. The molecule has 21 heavy (non-hydrogen) atoms. The Balaban J connectivity index is 0.00000220. The van der Waals surface area contributed by atoms with Gasteiger partial charge in [-0.15, -0.1) is 0 Å². The van der Waals surface area contributed by atoms with Gasteiger partial charge in [0, 0.05) is 22.3 Å². The third kappa shape index (κ3) is 5.14. The number of pyridine rings is 1. The van der Waals surface area contributed by atoms with Gasteiger partial charge in [-0.05, 0) is 42.7 Å². The SMILES string of the molecule is CCc1cc[n+](CC(=O)Nc2ccc(Br)cc2C)cc1.[Cl-]. The summed E-state index contributed by atoms with van der Waals surface area (Å²) in [4.78, 5) is 12.0. The standard InChI is InChI=1S/C16H17BrN2O.ClH/c1-3-13-6-8-19(9-7-13)11-16(20)18-15-5-4-14(17)10-12(15)2;/h4-10H,3,11H2,1-2H3;1H. The number of nitrogens with one attached hydrogen (secondary N) is 1. The van der Waals surface area contributed by atoms with Crippen LogP contribution in [0.25, 0.3) is 0 Å². The zero-order chi connectivity index (χ0) is 14.5. The number of benzene rings is 1. The Kier molecular flexibility index (Phi) is 6.85. The lowest BCUT2D eigenvalue weighted by molar-refractivity contribution is -0.684. The number of aromatic nitrogens is 1. The van der Waals surface area contributed by atoms with E-state index in [4.69, 9.17) is 0 Å². The quantitative estimate of drug-likeness (QED) is 0.770. The van der Waals surface area contributed by atoms with Crippen LogP contribution in [0.3, 0.4) is 0 Å². The van der Waals surface area contributed by atoms with Crippen LogP contribution in [0.1, 0.15) is 18.1 Å². The first-order chi connectivity index (χ1) is 9.58. The van der Waals surface area contributed by atoms with E-state index in [1.807, 2.05) is 54.2 Å². The van der Waals surface area contributed by atoms with Gasteiger partial charge in [0.1, 0.15) is 0 Å². The maximum atomic E-state index is 12.0. The first-order valence-electron chi connectivity index (χ1n) is 6.62. The number of anilines is 1. The summed E-state index contributed by atoms with van der Waals surface area (Å²) in [6, 6.07) is 9.89. The molecule has 0 saturated carbocycles. The number of carbonyl (C=O) groups is 1. The minimum absolute atomic E-state index is 0. The third-order valence-electron chi connectivity index (χ3n) is 3.16. The molecule has 0 fully saturated rings. The van der Waals surface area contributed by atoms with Crippen LogP contribution in [-0.4, -0.2) is 5.91 Å². The zero-order valence-corrected chi connectivity index (χ0v) is 14.4. The smallest absolute Gasteiger partial charge is 0.290 e. The number of halogens is 2. The molecule has 1 N–H and O–H groups in total. The number of rotatable bonds is 4. The Labute approximate surface area is 139 Å². The van der Waals surface area contributed by atoms with Crippen molar-refractivity contribution in [2.45, 2.75) is 26.8 Å². The molecule has 5 heteroatoms. The molecule has 0 unspecified atom stereocenters. The molecular weight excluding hydrogens is 352 g/mol. The highest BCUT2D eigenvalue weighted by Crippen LogP contribution is 2.19. The van der Waals surface area contributed by atoms with Crippen LogP contribution in [0, 0.1) is 6.92 Å². The van der Waals surface area contributed by atoms with Gasteiger partial charge < -0.3 is 17.7 Å². The van der Waals surface area contributed by atoms with Crippen LogP contribution in [0.5, 0.6) is 0 Å². The number of nitrogens with zero attached hydrogens (tertiary/aromatic N) is 1. The molecule has 1 amide bonds. The topological polar surface area (TPSA) is 33.0 Å². The first kappa shape index (κ1) is 17.7. The maximum Gasteiger partial charge on any atom is 0.290 e. The lowest BCUT2D eigenvalue weighted by atomic mass is 10.2. The Morgan fingerprint density at radius 2 is 1.90 bits per heavy atom. The highest BCUT2D eigenvalue weighted by Gasteiger charge is 2.10. The summed E-state index contributed by atoms with van der Waals surface area (Å²) in [7, 11) is 0. The lowest BCUT2D eigenvalue weighted by Gasteiger charge is -2.07. The van der Waals surface area contributed by atoms with Crippen molar-refractivity contribution in [2.75, 3.05) is 5.32 Å². The normalized spacial score (nSPS) is 9.86. The Hall–Kier alpha value is -1.39. The van der Waals surface area contributed by atoms with Crippen molar-refractivity contribution in [3.63, 3.8) is 0 Å². The molecular formula is C16H18BrClN2O. The fraction of sp³-hybridized carbons (Fsp3) is 0.250. The molecule has 0 spiro atoms. The molecule has 0 aliphatic heterocycles. The summed E-state index contributed by atoms with van der Waals surface area (Å²) in [5.41, 5.74) is 3.16. The second kappa shape index (κ2) is 8.15. The number of hydrogen-bond acceptors (Lipinski definition) is 1. The number of aryl methyl sites for hydroxylation is 2. The second-order valence-corrected chi connectivity index (χ2v) is 5.66. The molecule has 0 saturated heterocycles. The lowest BCUT2D eigenvalue weighted by Crippen LogP contribution is -3.00. The molecule has 1 heterocycles. The minimum Gasteiger partial charge on any atom is -1.00 e. The van der Waals surface area contributed by atoms with Gasteiger partial charge in [-0.2, -0.15) is 4.57 Å².